The van der Waals surface area contributed by atoms with Crippen LogP contribution in [0.1, 0.15) is 10.4 Å². The van der Waals surface area contributed by atoms with Crippen molar-refractivity contribution in [3.63, 3.8) is 0 Å². The van der Waals surface area contributed by atoms with Gasteiger partial charge in [0, 0.05) is 10.7 Å². The molecule has 1 heterocycles. The van der Waals surface area contributed by atoms with Gasteiger partial charge in [-0.15, -0.1) is 9.36 Å². The fraction of sp³-hybridized carbons (Fsp3) is 0.100. The molecule has 1 aromatic carbocycles. The lowest BCUT2D eigenvalue weighted by Crippen LogP contribution is -3.00. The molecule has 0 radical (unpaired) electrons. The van der Waals surface area contributed by atoms with Crippen LogP contribution in [0.4, 0.5) is 0 Å². The minimum absolute atomic E-state index is 0. The molecule has 0 unspecified atom stereocenters. The van der Waals surface area contributed by atoms with Crippen molar-refractivity contribution in [3.05, 3.63) is 48.5 Å². The van der Waals surface area contributed by atoms with E-state index in [4.69, 9.17) is 5.84 Å². The number of benzene rings is 1. The third-order valence-electron chi connectivity index (χ3n) is 2.00. The maximum absolute atomic E-state index is 11.7. The highest BCUT2D eigenvalue weighted by Gasteiger charge is 2.11. The van der Waals surface area contributed by atoms with Gasteiger partial charge in [-0.1, -0.05) is 30.3 Å². The van der Waals surface area contributed by atoms with Crippen LogP contribution >= 0.6 is 0 Å². The first-order valence-electron chi connectivity index (χ1n) is 4.53. The standard InChI is InChI=1S/C10H11N4O.ClH/c11-13-7-12-14(8-13)6-10(15)9-4-2-1-3-5-9;/h1-5,7-8H,6,11H2;1H/q+1;/p-1. The van der Waals surface area contributed by atoms with Gasteiger partial charge in [0.2, 0.25) is 6.33 Å². The van der Waals surface area contributed by atoms with E-state index >= 15 is 0 Å². The van der Waals surface area contributed by atoms with Crippen LogP contribution < -0.4 is 22.9 Å². The number of Topliss-reactive ketones (excluding diaryl/α,β-unsaturated/α-hetero) is 1. The van der Waals surface area contributed by atoms with E-state index in [0.29, 0.717) is 5.56 Å². The number of ketones is 1. The number of nitrogens with zero attached hydrogens (tertiary/aromatic N) is 3. The van der Waals surface area contributed by atoms with Crippen molar-refractivity contribution in [1.29, 1.82) is 0 Å². The predicted octanol–water partition coefficient (Wildman–Crippen LogP) is -3.23. The molecule has 0 saturated carbocycles. The average Bonchev–Trinajstić information content (AvgIpc) is 2.65. The minimum Gasteiger partial charge on any atom is -1.00 e. The number of nitrogen functional groups attached to an aromatic ring is 1. The molecule has 16 heavy (non-hydrogen) atoms. The van der Waals surface area contributed by atoms with Crippen molar-refractivity contribution in [3.8, 4) is 0 Å². The molecule has 0 aliphatic rings. The fourth-order valence-electron chi connectivity index (χ4n) is 1.28. The van der Waals surface area contributed by atoms with Gasteiger partial charge in [-0.25, -0.2) is 0 Å². The Morgan fingerprint density at radius 2 is 2.06 bits per heavy atom. The summed E-state index contributed by atoms with van der Waals surface area (Å²) in [5, 5.41) is 3.92. The zero-order valence-corrected chi connectivity index (χ0v) is 9.21. The van der Waals surface area contributed by atoms with E-state index in [1.54, 1.807) is 18.5 Å². The molecule has 1 aromatic heterocycles. The molecular formula is C10H11ClN4O. The third kappa shape index (κ3) is 2.80. The molecule has 0 atom stereocenters. The van der Waals surface area contributed by atoms with Crippen molar-refractivity contribution in [2.45, 2.75) is 6.54 Å². The molecule has 0 saturated heterocycles. The Hall–Kier alpha value is -1.88. The molecule has 0 aliphatic heterocycles. The van der Waals surface area contributed by atoms with Crippen LogP contribution in [0.25, 0.3) is 0 Å². The summed E-state index contributed by atoms with van der Waals surface area (Å²) < 4.78 is 2.80. The van der Waals surface area contributed by atoms with Gasteiger partial charge in [0.25, 0.3) is 6.33 Å². The van der Waals surface area contributed by atoms with Crippen molar-refractivity contribution in [2.75, 3.05) is 5.84 Å². The highest BCUT2D eigenvalue weighted by Crippen LogP contribution is 2.00. The topological polar surface area (TPSA) is 64.8 Å². The van der Waals surface area contributed by atoms with Gasteiger partial charge in [-0.3, -0.25) is 10.6 Å². The smallest absolute Gasteiger partial charge is 0.286 e. The number of hydrogen-bond donors (Lipinski definition) is 1. The minimum atomic E-state index is 0. The summed E-state index contributed by atoms with van der Waals surface area (Å²) in [6.45, 7) is 0.203. The number of rotatable bonds is 3. The van der Waals surface area contributed by atoms with Gasteiger partial charge >= 0.3 is 0 Å². The second-order valence-electron chi connectivity index (χ2n) is 3.18. The molecular weight excluding hydrogens is 228 g/mol. The first-order chi connectivity index (χ1) is 7.25. The zero-order valence-electron chi connectivity index (χ0n) is 8.45. The number of halogens is 1. The lowest BCUT2D eigenvalue weighted by Gasteiger charge is -1.95. The van der Waals surface area contributed by atoms with Gasteiger partial charge in [0.15, 0.2) is 12.3 Å². The molecule has 0 aliphatic carbocycles. The summed E-state index contributed by atoms with van der Waals surface area (Å²) in [6.07, 6.45) is 3.00. The Bertz CT molecular complexity index is 469. The Balaban J connectivity index is 0.00000128. The summed E-state index contributed by atoms with van der Waals surface area (Å²) in [5.41, 5.74) is 0.677. The Kier molecular flexibility index (Phi) is 4.02. The van der Waals surface area contributed by atoms with Gasteiger partial charge in [0.05, 0.1) is 0 Å². The van der Waals surface area contributed by atoms with Crippen LogP contribution in [0.5, 0.6) is 0 Å². The highest BCUT2D eigenvalue weighted by molar-refractivity contribution is 5.95. The van der Waals surface area contributed by atoms with Crippen molar-refractivity contribution >= 4 is 5.78 Å². The molecule has 6 heteroatoms. The molecule has 84 valence electrons. The molecule has 2 N–H and O–H groups in total. The normalized spacial score (nSPS) is 9.50. The van der Waals surface area contributed by atoms with E-state index in [2.05, 4.69) is 5.10 Å². The van der Waals surface area contributed by atoms with Crippen LogP contribution in [0, 0.1) is 0 Å². The number of nitrogens with two attached hydrogens (primary N) is 1. The van der Waals surface area contributed by atoms with Crippen molar-refractivity contribution in [1.82, 2.24) is 9.78 Å². The van der Waals surface area contributed by atoms with E-state index < -0.39 is 0 Å². The largest absolute Gasteiger partial charge is 1.00 e. The molecule has 5 nitrogen and oxygen atoms in total. The number of carbonyl (C=O) groups excluding carboxylic acids is 1. The summed E-state index contributed by atoms with van der Waals surface area (Å²) in [4.78, 5) is 11.7. The first kappa shape index (κ1) is 12.2. The van der Waals surface area contributed by atoms with Crippen LogP contribution in [-0.2, 0) is 6.54 Å². The van der Waals surface area contributed by atoms with E-state index in [-0.39, 0.29) is 24.7 Å². The molecule has 2 rings (SSSR count). The second-order valence-corrected chi connectivity index (χ2v) is 3.18. The highest BCUT2D eigenvalue weighted by atomic mass is 35.5. The predicted molar refractivity (Wildman–Crippen MR) is 53.3 cm³/mol. The lowest BCUT2D eigenvalue weighted by molar-refractivity contribution is -0.639. The monoisotopic (exact) mass is 238 g/mol. The summed E-state index contributed by atoms with van der Waals surface area (Å²) in [5.74, 6) is 5.43. The summed E-state index contributed by atoms with van der Waals surface area (Å²) >= 11 is 0. The van der Waals surface area contributed by atoms with Crippen molar-refractivity contribution in [2.24, 2.45) is 0 Å². The van der Waals surface area contributed by atoms with Gasteiger partial charge < -0.3 is 12.4 Å². The van der Waals surface area contributed by atoms with E-state index in [1.165, 1.54) is 15.7 Å². The van der Waals surface area contributed by atoms with Crippen LogP contribution in [0.3, 0.4) is 0 Å². The maximum atomic E-state index is 11.7. The quantitative estimate of drug-likeness (QED) is 0.348. The molecule has 0 fully saturated rings. The van der Waals surface area contributed by atoms with Crippen molar-refractivity contribution < 1.29 is 21.9 Å². The SMILES string of the molecule is N[n+]1cnn(CC(=O)c2ccccc2)c1.[Cl-]. The van der Waals surface area contributed by atoms with E-state index in [9.17, 15) is 4.79 Å². The Morgan fingerprint density at radius 1 is 1.38 bits per heavy atom. The van der Waals surface area contributed by atoms with Crippen LogP contribution in [0.15, 0.2) is 43.0 Å². The van der Waals surface area contributed by atoms with Gasteiger partial charge in [-0.05, 0) is 0 Å². The Labute approximate surface area is 98.9 Å². The fourth-order valence-corrected chi connectivity index (χ4v) is 1.28. The average molecular weight is 239 g/mol. The summed E-state index contributed by atoms with van der Waals surface area (Å²) in [6, 6.07) is 9.10. The van der Waals surface area contributed by atoms with Crippen LogP contribution in [-0.4, -0.2) is 15.6 Å². The number of carbonyl (C=O) groups is 1. The molecule has 0 bridgehead atoms. The Morgan fingerprint density at radius 3 is 2.62 bits per heavy atom. The van der Waals surface area contributed by atoms with Crippen LogP contribution in [0.2, 0.25) is 0 Å². The lowest BCUT2D eigenvalue weighted by atomic mass is 10.1. The molecule has 0 amide bonds. The number of hydrogen-bond acceptors (Lipinski definition) is 3. The number of aromatic nitrogens is 3. The van der Waals surface area contributed by atoms with E-state index in [1.807, 2.05) is 18.2 Å². The first-order valence-corrected chi connectivity index (χ1v) is 4.53. The van der Waals surface area contributed by atoms with Gasteiger partial charge in [-0.2, -0.15) is 0 Å². The molecule has 2 aromatic rings. The summed E-state index contributed by atoms with van der Waals surface area (Å²) in [7, 11) is 0. The molecule has 0 spiro atoms. The maximum Gasteiger partial charge on any atom is 0.286 e. The second kappa shape index (κ2) is 5.27. The third-order valence-corrected chi connectivity index (χ3v) is 2.00. The van der Waals surface area contributed by atoms with Gasteiger partial charge in [0.1, 0.15) is 0 Å². The van der Waals surface area contributed by atoms with E-state index in [0.717, 1.165) is 0 Å². The zero-order chi connectivity index (χ0) is 10.7.